The first-order valence-electron chi connectivity index (χ1n) is 9.17. The van der Waals surface area contributed by atoms with Gasteiger partial charge in [-0.1, -0.05) is 6.07 Å². The largest absolute Gasteiger partial charge is 0.486 e. The fraction of sp³-hybridized carbons (Fsp3) is 0.333. The summed E-state index contributed by atoms with van der Waals surface area (Å²) in [6.07, 6.45) is 0.0563. The monoisotopic (exact) mass is 403 g/mol. The van der Waals surface area contributed by atoms with E-state index >= 15 is 0 Å². The van der Waals surface area contributed by atoms with Crippen LogP contribution in [0.25, 0.3) is 5.52 Å². The summed E-state index contributed by atoms with van der Waals surface area (Å²) < 4.78 is 33.1. The highest BCUT2D eigenvalue weighted by molar-refractivity contribution is 5.96. The van der Waals surface area contributed by atoms with Gasteiger partial charge in [0.15, 0.2) is 0 Å². The third kappa shape index (κ3) is 4.89. The second-order valence-corrected chi connectivity index (χ2v) is 7.21. The quantitative estimate of drug-likeness (QED) is 0.605. The lowest BCUT2D eigenvalue weighted by Crippen LogP contribution is -2.50. The maximum atomic E-state index is 12.8. The number of nitrogens with zero attached hydrogens (tertiary/aromatic N) is 2. The van der Waals surface area contributed by atoms with Crippen LogP contribution >= 0.6 is 0 Å². The van der Waals surface area contributed by atoms with Gasteiger partial charge in [0.25, 0.3) is 5.91 Å². The van der Waals surface area contributed by atoms with E-state index in [2.05, 4.69) is 10.3 Å². The number of pyridine rings is 2. The molecule has 0 aliphatic rings. The number of aromatic nitrogens is 2. The molecule has 0 radical (unpaired) electrons. The van der Waals surface area contributed by atoms with Gasteiger partial charge >= 0.3 is 0 Å². The molecule has 0 aliphatic carbocycles. The standard InChI is InChI=1S/C21H23F2N3O3/c1-14-9-16-6-7-17(29-12-15-5-3-4-8-24-15)11-26(16)19(14)20(28)25-21(2,13-27)10-18(22)23/h3-9,11,18,27H,10,12-13H2,1-2H3,(H,25,28). The van der Waals surface area contributed by atoms with Gasteiger partial charge in [-0.2, -0.15) is 0 Å². The van der Waals surface area contributed by atoms with Crippen molar-refractivity contribution in [2.24, 2.45) is 0 Å². The summed E-state index contributed by atoms with van der Waals surface area (Å²) >= 11 is 0. The van der Waals surface area contributed by atoms with Crippen LogP contribution in [0.5, 0.6) is 5.75 Å². The summed E-state index contributed by atoms with van der Waals surface area (Å²) in [7, 11) is 0. The Hall–Kier alpha value is -3.00. The molecule has 3 aromatic rings. The number of aliphatic hydroxyl groups excluding tert-OH is 1. The van der Waals surface area contributed by atoms with Crippen molar-refractivity contribution in [3.8, 4) is 5.75 Å². The Morgan fingerprint density at radius 2 is 2.14 bits per heavy atom. The number of halogens is 2. The predicted octanol–water partition coefficient (Wildman–Crippen LogP) is 3.36. The third-order valence-electron chi connectivity index (χ3n) is 4.63. The zero-order valence-corrected chi connectivity index (χ0v) is 16.2. The molecule has 3 rings (SSSR count). The molecule has 3 aromatic heterocycles. The fourth-order valence-corrected chi connectivity index (χ4v) is 3.13. The second kappa shape index (κ2) is 8.57. The molecule has 3 heterocycles. The van der Waals surface area contributed by atoms with Crippen molar-refractivity contribution in [1.29, 1.82) is 0 Å². The van der Waals surface area contributed by atoms with Crippen LogP contribution in [-0.2, 0) is 6.61 Å². The van der Waals surface area contributed by atoms with E-state index in [-0.39, 0.29) is 6.61 Å². The van der Waals surface area contributed by atoms with E-state index in [1.54, 1.807) is 29.8 Å². The number of carbonyl (C=O) groups is 1. The maximum absolute atomic E-state index is 12.8. The number of amides is 1. The van der Waals surface area contributed by atoms with Crippen LogP contribution in [-0.4, -0.2) is 39.0 Å². The minimum absolute atomic E-state index is 0.269. The van der Waals surface area contributed by atoms with Gasteiger partial charge in [-0.05, 0) is 49.7 Å². The van der Waals surface area contributed by atoms with Gasteiger partial charge in [-0.25, -0.2) is 8.78 Å². The summed E-state index contributed by atoms with van der Waals surface area (Å²) in [5, 5.41) is 12.1. The molecule has 0 spiro atoms. The molecule has 0 fully saturated rings. The molecule has 154 valence electrons. The van der Waals surface area contributed by atoms with Gasteiger partial charge in [0.1, 0.15) is 18.1 Å². The Kier molecular flexibility index (Phi) is 6.12. The van der Waals surface area contributed by atoms with E-state index in [0.717, 1.165) is 11.2 Å². The molecule has 8 heteroatoms. The lowest BCUT2D eigenvalue weighted by atomic mass is 9.99. The van der Waals surface area contributed by atoms with Crippen LogP contribution in [0, 0.1) is 6.92 Å². The number of hydrogen-bond donors (Lipinski definition) is 2. The number of aliphatic hydroxyl groups is 1. The van der Waals surface area contributed by atoms with E-state index in [0.29, 0.717) is 17.0 Å². The number of fused-ring (bicyclic) bond motifs is 1. The smallest absolute Gasteiger partial charge is 0.269 e. The molecular weight excluding hydrogens is 380 g/mol. The molecule has 6 nitrogen and oxygen atoms in total. The molecule has 2 N–H and O–H groups in total. The van der Waals surface area contributed by atoms with Gasteiger partial charge in [0, 0.05) is 18.1 Å². The maximum Gasteiger partial charge on any atom is 0.269 e. The van der Waals surface area contributed by atoms with Gasteiger partial charge in [0.05, 0.1) is 24.0 Å². The average molecular weight is 403 g/mol. The molecule has 29 heavy (non-hydrogen) atoms. The van der Waals surface area contributed by atoms with E-state index in [1.807, 2.05) is 30.3 Å². The number of carbonyl (C=O) groups excluding carboxylic acids is 1. The molecule has 0 saturated carbocycles. The van der Waals surface area contributed by atoms with Crippen LogP contribution in [0.2, 0.25) is 0 Å². The first-order chi connectivity index (χ1) is 13.8. The van der Waals surface area contributed by atoms with Gasteiger partial charge in [-0.3, -0.25) is 9.78 Å². The minimum atomic E-state index is -2.65. The van der Waals surface area contributed by atoms with Crippen molar-refractivity contribution in [2.45, 2.75) is 38.8 Å². The highest BCUT2D eigenvalue weighted by Gasteiger charge is 2.31. The van der Waals surface area contributed by atoms with Crippen molar-refractivity contribution in [1.82, 2.24) is 14.7 Å². The van der Waals surface area contributed by atoms with Crippen molar-refractivity contribution in [2.75, 3.05) is 6.61 Å². The number of rotatable bonds is 8. The van der Waals surface area contributed by atoms with E-state index in [9.17, 15) is 18.7 Å². The number of hydrogen-bond acceptors (Lipinski definition) is 4. The summed E-state index contributed by atoms with van der Waals surface area (Å²) in [6, 6.07) is 10.9. The van der Waals surface area contributed by atoms with Crippen LogP contribution in [0.1, 0.15) is 35.1 Å². The highest BCUT2D eigenvalue weighted by Crippen LogP contribution is 2.23. The Balaban J connectivity index is 1.85. The summed E-state index contributed by atoms with van der Waals surface area (Å²) in [5.41, 5.74) is 1.09. The summed E-state index contributed by atoms with van der Waals surface area (Å²) in [5.74, 6) is -0.00752. The van der Waals surface area contributed by atoms with Gasteiger partial charge in [0.2, 0.25) is 6.43 Å². The zero-order valence-electron chi connectivity index (χ0n) is 16.2. The second-order valence-electron chi connectivity index (χ2n) is 7.21. The highest BCUT2D eigenvalue weighted by atomic mass is 19.3. The summed E-state index contributed by atoms with van der Waals surface area (Å²) in [4.78, 5) is 17.0. The van der Waals surface area contributed by atoms with Crippen LogP contribution < -0.4 is 10.1 Å². The van der Waals surface area contributed by atoms with Crippen LogP contribution in [0.3, 0.4) is 0 Å². The van der Waals surface area contributed by atoms with Crippen LogP contribution in [0.4, 0.5) is 8.78 Å². The van der Waals surface area contributed by atoms with E-state index < -0.39 is 30.9 Å². The molecule has 1 amide bonds. The first-order valence-corrected chi connectivity index (χ1v) is 9.17. The number of ether oxygens (including phenoxy) is 1. The number of nitrogens with one attached hydrogen (secondary N) is 1. The molecule has 1 unspecified atom stereocenters. The SMILES string of the molecule is Cc1cc2ccc(OCc3ccccn3)cn2c1C(=O)NC(C)(CO)CC(F)F. The topological polar surface area (TPSA) is 75.9 Å². The van der Waals surface area contributed by atoms with Crippen molar-refractivity contribution in [3.63, 3.8) is 0 Å². The zero-order chi connectivity index (χ0) is 21.0. The van der Waals surface area contributed by atoms with Gasteiger partial charge in [-0.15, -0.1) is 0 Å². The Morgan fingerprint density at radius 1 is 1.34 bits per heavy atom. The molecule has 0 bridgehead atoms. The Bertz CT molecular complexity index is 992. The molecule has 1 atom stereocenters. The minimum Gasteiger partial charge on any atom is -0.486 e. The van der Waals surface area contributed by atoms with Crippen molar-refractivity contribution in [3.05, 3.63) is 65.7 Å². The lowest BCUT2D eigenvalue weighted by molar-refractivity contribution is 0.0582. The van der Waals surface area contributed by atoms with E-state index in [4.69, 9.17) is 4.74 Å². The Labute approximate surface area is 167 Å². The molecule has 0 saturated heterocycles. The number of aryl methyl sites for hydroxylation is 1. The van der Waals surface area contributed by atoms with Crippen molar-refractivity contribution >= 4 is 11.4 Å². The van der Waals surface area contributed by atoms with Crippen molar-refractivity contribution < 1.29 is 23.4 Å². The summed E-state index contributed by atoms with van der Waals surface area (Å²) in [6.45, 7) is 2.83. The molecular formula is C21H23F2N3O3. The molecule has 0 aliphatic heterocycles. The average Bonchev–Trinajstić information content (AvgIpc) is 3.01. The fourth-order valence-electron chi connectivity index (χ4n) is 3.13. The third-order valence-corrected chi connectivity index (χ3v) is 4.63. The Morgan fingerprint density at radius 3 is 2.79 bits per heavy atom. The van der Waals surface area contributed by atoms with Gasteiger partial charge < -0.3 is 19.6 Å². The molecule has 0 aromatic carbocycles. The lowest BCUT2D eigenvalue weighted by Gasteiger charge is -2.28. The normalized spacial score (nSPS) is 13.4. The van der Waals surface area contributed by atoms with Crippen LogP contribution in [0.15, 0.2) is 48.8 Å². The first kappa shape index (κ1) is 20.7. The van der Waals surface area contributed by atoms with E-state index in [1.165, 1.54) is 6.92 Å². The predicted molar refractivity (Wildman–Crippen MR) is 104 cm³/mol. The number of alkyl halides is 2.